The van der Waals surface area contributed by atoms with Gasteiger partial charge in [0.2, 0.25) is 0 Å². The molecule has 0 bridgehead atoms. The number of hydrogen-bond donors (Lipinski definition) is 0. The molecule has 54 heavy (non-hydrogen) atoms. The van der Waals surface area contributed by atoms with E-state index in [1.54, 1.807) is 0 Å². The smallest absolute Gasteiger partial charge is 0.399 e. The zero-order valence-corrected chi connectivity index (χ0v) is 30.9. The minimum atomic E-state index is -0.512. The highest BCUT2D eigenvalue weighted by Crippen LogP contribution is 2.42. The average Bonchev–Trinajstić information content (AvgIpc) is 3.69. The second-order valence-corrected chi connectivity index (χ2v) is 15.4. The van der Waals surface area contributed by atoms with Gasteiger partial charge in [-0.05, 0) is 124 Å². The first-order valence-corrected chi connectivity index (χ1v) is 18.7. The number of para-hydroxylation sites is 3. The lowest BCUT2D eigenvalue weighted by Gasteiger charge is -2.32. The molecule has 1 aliphatic rings. The Labute approximate surface area is 315 Å². The summed E-state index contributed by atoms with van der Waals surface area (Å²) in [6, 6.07) is 58.6. The molecule has 10 rings (SSSR count). The molecule has 0 spiro atoms. The Hall–Kier alpha value is -6.01. The monoisotopic (exact) mass is 698 g/mol. The summed E-state index contributed by atoms with van der Waals surface area (Å²) in [6.45, 7) is 8.49. The number of rotatable bonds is 5. The van der Waals surface area contributed by atoms with Gasteiger partial charge in [0.15, 0.2) is 0 Å². The lowest BCUT2D eigenvalue weighted by Crippen LogP contribution is -2.41. The van der Waals surface area contributed by atoms with E-state index < -0.39 is 18.3 Å². The SMILES string of the molecule is CC1(C)OB(c2c3ccccc3c(-c3ccc4ccccc4c3)c3cc(-c4ccc(-c5nc6ccccc6n5-c5ccccc5)cc4)ccc23)OC1(C)C. The average molecular weight is 699 g/mol. The maximum absolute atomic E-state index is 6.77. The molecule has 2 heterocycles. The Morgan fingerprint density at radius 3 is 1.85 bits per heavy atom. The van der Waals surface area contributed by atoms with E-state index in [1.165, 1.54) is 32.7 Å². The van der Waals surface area contributed by atoms with E-state index in [0.717, 1.165) is 55.5 Å². The molecule has 0 amide bonds. The highest BCUT2D eigenvalue weighted by molar-refractivity contribution is 6.69. The molecule has 260 valence electrons. The molecular weight excluding hydrogens is 659 g/mol. The fraction of sp³-hybridized carbons (Fsp3) is 0.122. The predicted octanol–water partition coefficient (Wildman–Crippen LogP) is 11.8. The normalized spacial score (nSPS) is 15.1. The summed E-state index contributed by atoms with van der Waals surface area (Å²) in [7, 11) is -0.512. The highest BCUT2D eigenvalue weighted by atomic mass is 16.7. The summed E-state index contributed by atoms with van der Waals surface area (Å²) >= 11 is 0. The molecule has 9 aromatic rings. The van der Waals surface area contributed by atoms with Crippen molar-refractivity contribution in [2.75, 3.05) is 0 Å². The highest BCUT2D eigenvalue weighted by Gasteiger charge is 2.52. The standard InChI is InChI=1S/C49H39BN2O2/c1-48(2)49(3,4)54-50(53-48)46-40-19-11-10-18-39(40)45(37-27-24-32-14-8-9-15-35(32)30-37)42-31-36(28-29-41(42)46)33-22-25-34(26-23-33)47-51-43-20-12-13-21-44(43)52(47)38-16-6-5-7-17-38/h5-31H,1-4H3. The Morgan fingerprint density at radius 1 is 0.481 bits per heavy atom. The minimum absolute atomic E-state index is 0.467. The van der Waals surface area contributed by atoms with Crippen molar-refractivity contribution in [3.05, 3.63) is 164 Å². The van der Waals surface area contributed by atoms with E-state index in [2.05, 4.69) is 184 Å². The summed E-state index contributed by atoms with van der Waals surface area (Å²) < 4.78 is 15.8. The van der Waals surface area contributed by atoms with Crippen LogP contribution in [-0.2, 0) is 9.31 Å². The van der Waals surface area contributed by atoms with Gasteiger partial charge < -0.3 is 9.31 Å². The number of imidazole rings is 1. The summed E-state index contributed by atoms with van der Waals surface area (Å²) in [5.74, 6) is 0.921. The maximum Gasteiger partial charge on any atom is 0.496 e. The first-order chi connectivity index (χ1) is 26.3. The minimum Gasteiger partial charge on any atom is -0.399 e. The van der Waals surface area contributed by atoms with Gasteiger partial charge >= 0.3 is 7.12 Å². The van der Waals surface area contributed by atoms with Gasteiger partial charge in [-0.25, -0.2) is 4.98 Å². The summed E-state index contributed by atoms with van der Waals surface area (Å²) in [5.41, 5.74) is 9.02. The third-order valence-electron chi connectivity index (χ3n) is 11.6. The lowest BCUT2D eigenvalue weighted by molar-refractivity contribution is 0.00578. The van der Waals surface area contributed by atoms with Crippen molar-refractivity contribution in [2.24, 2.45) is 0 Å². The van der Waals surface area contributed by atoms with Crippen LogP contribution >= 0.6 is 0 Å². The summed E-state index contributed by atoms with van der Waals surface area (Å²) in [6.07, 6.45) is 0. The Bertz CT molecular complexity index is 2880. The molecule has 5 heteroatoms. The Balaban J connectivity index is 1.17. The van der Waals surface area contributed by atoms with Gasteiger partial charge in [-0.1, -0.05) is 127 Å². The van der Waals surface area contributed by atoms with Crippen LogP contribution < -0.4 is 5.46 Å². The molecule has 1 aliphatic heterocycles. The van der Waals surface area contributed by atoms with E-state index in [4.69, 9.17) is 14.3 Å². The second-order valence-electron chi connectivity index (χ2n) is 15.4. The molecule has 0 N–H and O–H groups in total. The van der Waals surface area contributed by atoms with Crippen molar-refractivity contribution < 1.29 is 9.31 Å². The quantitative estimate of drug-likeness (QED) is 0.133. The third kappa shape index (κ3) is 5.19. The van der Waals surface area contributed by atoms with E-state index in [1.807, 2.05) is 12.1 Å². The van der Waals surface area contributed by atoms with Gasteiger partial charge in [-0.15, -0.1) is 0 Å². The maximum atomic E-state index is 6.77. The van der Waals surface area contributed by atoms with Gasteiger partial charge in [0.05, 0.1) is 22.2 Å². The molecule has 0 atom stereocenters. The first kappa shape index (κ1) is 32.6. The number of aromatic nitrogens is 2. The van der Waals surface area contributed by atoms with Crippen LogP contribution in [0.4, 0.5) is 0 Å². The Morgan fingerprint density at radius 2 is 1.07 bits per heavy atom. The van der Waals surface area contributed by atoms with Crippen LogP contribution in [0, 0.1) is 0 Å². The molecule has 1 saturated heterocycles. The second kappa shape index (κ2) is 12.3. The first-order valence-electron chi connectivity index (χ1n) is 18.7. The fourth-order valence-electron chi connectivity index (χ4n) is 8.13. The van der Waals surface area contributed by atoms with Crippen LogP contribution in [0.25, 0.3) is 82.7 Å². The van der Waals surface area contributed by atoms with Crippen molar-refractivity contribution >= 4 is 55.9 Å². The van der Waals surface area contributed by atoms with Crippen LogP contribution in [0.15, 0.2) is 164 Å². The van der Waals surface area contributed by atoms with E-state index >= 15 is 0 Å². The van der Waals surface area contributed by atoms with Gasteiger partial charge in [-0.3, -0.25) is 4.57 Å². The largest absolute Gasteiger partial charge is 0.496 e. The molecule has 1 aromatic heterocycles. The fourth-order valence-corrected chi connectivity index (χ4v) is 8.13. The molecule has 8 aromatic carbocycles. The van der Waals surface area contributed by atoms with Crippen molar-refractivity contribution in [3.63, 3.8) is 0 Å². The number of nitrogens with zero attached hydrogens (tertiary/aromatic N) is 2. The number of hydrogen-bond acceptors (Lipinski definition) is 3. The summed E-state index contributed by atoms with van der Waals surface area (Å²) in [5, 5.41) is 7.07. The third-order valence-corrected chi connectivity index (χ3v) is 11.6. The van der Waals surface area contributed by atoms with Crippen LogP contribution in [0.5, 0.6) is 0 Å². The number of fused-ring (bicyclic) bond motifs is 4. The van der Waals surface area contributed by atoms with Gasteiger partial charge in [0.25, 0.3) is 0 Å². The van der Waals surface area contributed by atoms with Crippen LogP contribution in [-0.4, -0.2) is 27.9 Å². The van der Waals surface area contributed by atoms with Crippen LogP contribution in [0.3, 0.4) is 0 Å². The van der Waals surface area contributed by atoms with Crippen LogP contribution in [0.2, 0.25) is 0 Å². The van der Waals surface area contributed by atoms with Gasteiger partial charge in [0, 0.05) is 11.3 Å². The molecule has 0 unspecified atom stereocenters. The van der Waals surface area contributed by atoms with Crippen molar-refractivity contribution in [3.8, 4) is 39.3 Å². The lowest BCUT2D eigenvalue weighted by atomic mass is 9.71. The van der Waals surface area contributed by atoms with Gasteiger partial charge in [0.1, 0.15) is 5.82 Å². The molecule has 1 fully saturated rings. The Kier molecular flexibility index (Phi) is 7.42. The van der Waals surface area contributed by atoms with Crippen molar-refractivity contribution in [1.29, 1.82) is 0 Å². The van der Waals surface area contributed by atoms with E-state index in [0.29, 0.717) is 0 Å². The topological polar surface area (TPSA) is 36.3 Å². The van der Waals surface area contributed by atoms with Crippen molar-refractivity contribution in [1.82, 2.24) is 9.55 Å². The zero-order chi connectivity index (χ0) is 36.6. The molecular formula is C49H39BN2O2. The van der Waals surface area contributed by atoms with Crippen LogP contribution in [0.1, 0.15) is 27.7 Å². The zero-order valence-electron chi connectivity index (χ0n) is 30.9. The van der Waals surface area contributed by atoms with Gasteiger partial charge in [-0.2, -0.15) is 0 Å². The predicted molar refractivity (Wildman–Crippen MR) is 226 cm³/mol. The van der Waals surface area contributed by atoms with E-state index in [-0.39, 0.29) is 0 Å². The number of benzene rings is 8. The van der Waals surface area contributed by atoms with Crippen molar-refractivity contribution in [2.45, 2.75) is 38.9 Å². The van der Waals surface area contributed by atoms with E-state index in [9.17, 15) is 0 Å². The molecule has 0 saturated carbocycles. The molecule has 0 radical (unpaired) electrons. The summed E-state index contributed by atoms with van der Waals surface area (Å²) in [4.78, 5) is 5.11. The molecule has 0 aliphatic carbocycles. The molecule has 4 nitrogen and oxygen atoms in total.